The first-order chi connectivity index (χ1) is 8.41. The quantitative estimate of drug-likeness (QED) is 0.901. The standard InChI is InChI=1S/C14H15ClO3/c1-7(2)6-9-11-8(3)4-5-10(15)13(11)18-12(9)14(16)17/h4-5,7H,6H2,1-3H3,(H,16,17). The van der Waals surface area contributed by atoms with Crippen LogP contribution >= 0.6 is 11.6 Å². The summed E-state index contributed by atoms with van der Waals surface area (Å²) < 4.78 is 5.44. The Morgan fingerprint density at radius 1 is 1.44 bits per heavy atom. The summed E-state index contributed by atoms with van der Waals surface area (Å²) >= 11 is 6.07. The Morgan fingerprint density at radius 3 is 2.67 bits per heavy atom. The van der Waals surface area contributed by atoms with Gasteiger partial charge in [0.15, 0.2) is 5.58 Å². The Bertz CT molecular complexity index is 611. The van der Waals surface area contributed by atoms with Gasteiger partial charge in [0.1, 0.15) is 0 Å². The van der Waals surface area contributed by atoms with E-state index < -0.39 is 5.97 Å². The molecule has 2 aromatic rings. The summed E-state index contributed by atoms with van der Waals surface area (Å²) in [6.07, 6.45) is 0.663. The third kappa shape index (κ3) is 2.10. The molecule has 4 heteroatoms. The van der Waals surface area contributed by atoms with Crippen molar-refractivity contribution in [2.24, 2.45) is 5.92 Å². The van der Waals surface area contributed by atoms with Crippen LogP contribution in [0.25, 0.3) is 11.0 Å². The third-order valence-electron chi connectivity index (χ3n) is 2.90. The molecule has 0 spiro atoms. The number of carboxylic acid groups (broad SMARTS) is 1. The highest BCUT2D eigenvalue weighted by Gasteiger charge is 2.23. The minimum atomic E-state index is -1.04. The summed E-state index contributed by atoms with van der Waals surface area (Å²) in [6.45, 7) is 6.03. The molecule has 0 atom stereocenters. The van der Waals surface area contributed by atoms with Crippen molar-refractivity contribution in [3.05, 3.63) is 34.0 Å². The molecule has 0 radical (unpaired) electrons. The van der Waals surface area contributed by atoms with E-state index in [2.05, 4.69) is 0 Å². The minimum absolute atomic E-state index is 0.00917. The maximum Gasteiger partial charge on any atom is 0.372 e. The summed E-state index contributed by atoms with van der Waals surface area (Å²) in [5, 5.41) is 10.5. The van der Waals surface area contributed by atoms with Crippen molar-refractivity contribution in [2.75, 3.05) is 0 Å². The second-order valence-corrected chi connectivity index (χ2v) is 5.29. The number of rotatable bonds is 3. The average Bonchev–Trinajstić information content (AvgIpc) is 2.63. The van der Waals surface area contributed by atoms with Crippen LogP contribution in [0.15, 0.2) is 16.5 Å². The molecule has 0 aliphatic heterocycles. The highest BCUT2D eigenvalue weighted by atomic mass is 35.5. The maximum atomic E-state index is 11.3. The van der Waals surface area contributed by atoms with Crippen molar-refractivity contribution in [1.82, 2.24) is 0 Å². The van der Waals surface area contributed by atoms with Crippen LogP contribution in [-0.2, 0) is 6.42 Å². The van der Waals surface area contributed by atoms with E-state index in [0.717, 1.165) is 16.5 Å². The molecule has 3 nitrogen and oxygen atoms in total. The van der Waals surface area contributed by atoms with Crippen LogP contribution in [0.4, 0.5) is 0 Å². The van der Waals surface area contributed by atoms with Crippen molar-refractivity contribution in [2.45, 2.75) is 27.2 Å². The monoisotopic (exact) mass is 266 g/mol. The molecule has 2 rings (SSSR count). The topological polar surface area (TPSA) is 50.4 Å². The molecule has 0 unspecified atom stereocenters. The zero-order valence-corrected chi connectivity index (χ0v) is 11.3. The molecule has 0 amide bonds. The Morgan fingerprint density at radius 2 is 2.11 bits per heavy atom. The van der Waals surface area contributed by atoms with E-state index in [4.69, 9.17) is 16.0 Å². The molecule has 0 aliphatic carbocycles. The van der Waals surface area contributed by atoms with Gasteiger partial charge in [-0.3, -0.25) is 0 Å². The van der Waals surface area contributed by atoms with Gasteiger partial charge in [0.25, 0.3) is 0 Å². The molecule has 18 heavy (non-hydrogen) atoms. The van der Waals surface area contributed by atoms with Gasteiger partial charge in [-0.2, -0.15) is 0 Å². The minimum Gasteiger partial charge on any atom is -0.475 e. The fourth-order valence-electron chi connectivity index (χ4n) is 2.18. The first kappa shape index (κ1) is 13.0. The number of aryl methyl sites for hydroxylation is 1. The van der Waals surface area contributed by atoms with E-state index in [1.54, 1.807) is 6.07 Å². The van der Waals surface area contributed by atoms with E-state index in [1.807, 2.05) is 26.8 Å². The van der Waals surface area contributed by atoms with Crippen LogP contribution in [0, 0.1) is 12.8 Å². The van der Waals surface area contributed by atoms with Gasteiger partial charge < -0.3 is 9.52 Å². The first-order valence-electron chi connectivity index (χ1n) is 5.85. The number of hydrogen-bond acceptors (Lipinski definition) is 2. The molecular formula is C14H15ClO3. The summed E-state index contributed by atoms with van der Waals surface area (Å²) in [7, 11) is 0. The Kier molecular flexibility index (Phi) is 3.35. The number of aromatic carboxylic acids is 1. The lowest BCUT2D eigenvalue weighted by Gasteiger charge is -2.05. The molecule has 96 valence electrons. The highest BCUT2D eigenvalue weighted by Crippen LogP contribution is 2.35. The number of carbonyl (C=O) groups is 1. The molecular weight excluding hydrogens is 252 g/mol. The van der Waals surface area contributed by atoms with Crippen LogP contribution in [0.1, 0.15) is 35.5 Å². The fraction of sp³-hybridized carbons (Fsp3) is 0.357. The smallest absolute Gasteiger partial charge is 0.372 e. The molecule has 0 aliphatic rings. The zero-order valence-electron chi connectivity index (χ0n) is 10.6. The molecule has 1 aromatic carbocycles. The van der Waals surface area contributed by atoms with Gasteiger partial charge in [-0.1, -0.05) is 31.5 Å². The van der Waals surface area contributed by atoms with Crippen molar-refractivity contribution in [1.29, 1.82) is 0 Å². The number of fused-ring (bicyclic) bond motifs is 1. The van der Waals surface area contributed by atoms with Gasteiger partial charge in [-0.15, -0.1) is 0 Å². The van der Waals surface area contributed by atoms with E-state index in [-0.39, 0.29) is 5.76 Å². The summed E-state index contributed by atoms with van der Waals surface area (Å²) in [6, 6.07) is 3.61. The predicted molar refractivity (Wildman–Crippen MR) is 71.5 cm³/mol. The number of benzene rings is 1. The summed E-state index contributed by atoms with van der Waals surface area (Å²) in [4.78, 5) is 11.3. The Labute approximate surface area is 110 Å². The van der Waals surface area contributed by atoms with Crippen molar-refractivity contribution >= 4 is 28.5 Å². The van der Waals surface area contributed by atoms with E-state index in [1.165, 1.54) is 0 Å². The maximum absolute atomic E-state index is 11.3. The largest absolute Gasteiger partial charge is 0.475 e. The molecule has 0 saturated carbocycles. The average molecular weight is 267 g/mol. The Balaban J connectivity index is 2.80. The number of hydrogen-bond donors (Lipinski definition) is 1. The van der Waals surface area contributed by atoms with Crippen molar-refractivity contribution in [3.8, 4) is 0 Å². The molecule has 0 bridgehead atoms. The van der Waals surface area contributed by atoms with Gasteiger partial charge in [0.2, 0.25) is 5.76 Å². The van der Waals surface area contributed by atoms with Gasteiger partial charge in [-0.25, -0.2) is 4.79 Å². The SMILES string of the molecule is Cc1ccc(Cl)c2oc(C(=O)O)c(CC(C)C)c12. The summed E-state index contributed by atoms with van der Waals surface area (Å²) in [5.41, 5.74) is 2.21. The van der Waals surface area contributed by atoms with Gasteiger partial charge in [0, 0.05) is 10.9 Å². The first-order valence-corrected chi connectivity index (χ1v) is 6.23. The number of carboxylic acids is 1. The Hall–Kier alpha value is -1.48. The lowest BCUT2D eigenvalue weighted by atomic mass is 9.97. The molecule has 1 aromatic heterocycles. The number of halogens is 1. The fourth-order valence-corrected chi connectivity index (χ4v) is 2.38. The normalized spacial score (nSPS) is 11.4. The molecule has 0 fully saturated rings. The predicted octanol–water partition coefficient (Wildman–Crippen LogP) is 4.29. The van der Waals surface area contributed by atoms with Crippen LogP contribution in [0.5, 0.6) is 0 Å². The number of furan rings is 1. The van der Waals surface area contributed by atoms with Crippen molar-refractivity contribution in [3.63, 3.8) is 0 Å². The summed E-state index contributed by atoms with van der Waals surface area (Å²) in [5.74, 6) is -0.686. The second kappa shape index (κ2) is 4.65. The molecule has 0 saturated heterocycles. The molecule has 1 N–H and O–H groups in total. The van der Waals surface area contributed by atoms with Crippen LogP contribution in [-0.4, -0.2) is 11.1 Å². The lowest BCUT2D eigenvalue weighted by Crippen LogP contribution is -2.02. The van der Waals surface area contributed by atoms with Crippen LogP contribution in [0.2, 0.25) is 5.02 Å². The van der Waals surface area contributed by atoms with E-state index in [9.17, 15) is 9.90 Å². The van der Waals surface area contributed by atoms with Gasteiger partial charge >= 0.3 is 5.97 Å². The zero-order chi connectivity index (χ0) is 13.4. The van der Waals surface area contributed by atoms with Crippen LogP contribution in [0.3, 0.4) is 0 Å². The second-order valence-electron chi connectivity index (χ2n) is 4.88. The van der Waals surface area contributed by atoms with Crippen LogP contribution < -0.4 is 0 Å². The third-order valence-corrected chi connectivity index (χ3v) is 3.20. The molecule has 1 heterocycles. The van der Waals surface area contributed by atoms with E-state index >= 15 is 0 Å². The van der Waals surface area contributed by atoms with Crippen molar-refractivity contribution < 1.29 is 14.3 Å². The van der Waals surface area contributed by atoms with Gasteiger partial charge in [0.05, 0.1) is 5.02 Å². The highest BCUT2D eigenvalue weighted by molar-refractivity contribution is 6.35. The lowest BCUT2D eigenvalue weighted by molar-refractivity contribution is 0.0663. The van der Waals surface area contributed by atoms with E-state index in [0.29, 0.717) is 22.9 Å². The van der Waals surface area contributed by atoms with Gasteiger partial charge in [-0.05, 0) is 30.9 Å².